The van der Waals surface area contributed by atoms with E-state index in [0.29, 0.717) is 26.1 Å². The number of halogens is 4. The molecule has 2 aliphatic heterocycles. The summed E-state index contributed by atoms with van der Waals surface area (Å²) >= 11 is 2.95. The van der Waals surface area contributed by atoms with E-state index in [1.807, 2.05) is 0 Å². The summed E-state index contributed by atoms with van der Waals surface area (Å²) in [5.41, 5.74) is -0.876. The number of carbonyl (C=O) groups is 1. The molecule has 1 aromatic carbocycles. The van der Waals surface area contributed by atoms with Gasteiger partial charge in [-0.05, 0) is 93.8 Å². The molecule has 38 heavy (non-hydrogen) atoms. The molecule has 210 valence electrons. The molecule has 4 rings (SSSR count). The van der Waals surface area contributed by atoms with Crippen LogP contribution in [0.25, 0.3) is 10.9 Å². The summed E-state index contributed by atoms with van der Waals surface area (Å²) in [6.07, 6.45) is 2.72. The van der Waals surface area contributed by atoms with Gasteiger partial charge in [-0.25, -0.2) is 23.0 Å². The van der Waals surface area contributed by atoms with Crippen molar-refractivity contribution in [3.8, 4) is 6.01 Å². The van der Waals surface area contributed by atoms with Crippen molar-refractivity contribution >= 4 is 38.7 Å². The molecule has 2 atom stereocenters. The molecule has 0 unspecified atom stereocenters. The quantitative estimate of drug-likeness (QED) is 0.436. The second-order valence-corrected chi connectivity index (χ2v) is 11.6. The number of alkyl halides is 1. The predicted octanol–water partition coefficient (Wildman–Crippen LogP) is 5.92. The number of ether oxygens (including phenoxy) is 2. The van der Waals surface area contributed by atoms with Gasteiger partial charge in [-0.2, -0.15) is 9.97 Å². The SMILES string of the molecule is CC(C)(C)OC(=O)N1CCCCCN1c1nc(OC[C@@H]2CCCNC[C@H](F)C2)nc2c(F)c(Br)c(F)cc12. The summed E-state index contributed by atoms with van der Waals surface area (Å²) in [6.45, 7) is 7.24. The molecule has 3 heterocycles. The van der Waals surface area contributed by atoms with E-state index in [4.69, 9.17) is 9.47 Å². The van der Waals surface area contributed by atoms with Crippen molar-refractivity contribution in [1.29, 1.82) is 0 Å². The first-order valence-electron chi connectivity index (χ1n) is 13.1. The predicted molar refractivity (Wildman–Crippen MR) is 142 cm³/mol. The highest BCUT2D eigenvalue weighted by atomic mass is 79.9. The zero-order chi connectivity index (χ0) is 27.4. The van der Waals surface area contributed by atoms with Crippen molar-refractivity contribution in [2.45, 2.75) is 71.1 Å². The number of aromatic nitrogens is 2. The Kier molecular flexibility index (Phi) is 9.23. The Morgan fingerprint density at radius 3 is 2.71 bits per heavy atom. The number of amides is 1. The molecule has 0 saturated carbocycles. The van der Waals surface area contributed by atoms with Crippen LogP contribution < -0.4 is 15.1 Å². The third kappa shape index (κ3) is 6.99. The molecule has 0 spiro atoms. The van der Waals surface area contributed by atoms with E-state index in [2.05, 4.69) is 31.2 Å². The Balaban J connectivity index is 1.73. The fourth-order valence-corrected chi connectivity index (χ4v) is 5.05. The Morgan fingerprint density at radius 2 is 1.95 bits per heavy atom. The van der Waals surface area contributed by atoms with E-state index in [1.54, 1.807) is 25.8 Å². The van der Waals surface area contributed by atoms with Gasteiger partial charge in [0, 0.05) is 19.6 Å². The minimum absolute atomic E-state index is 0.0592. The molecule has 1 amide bonds. The van der Waals surface area contributed by atoms with Crippen LogP contribution in [-0.4, -0.2) is 65.6 Å². The molecule has 2 saturated heterocycles. The average Bonchev–Trinajstić information content (AvgIpc) is 3.09. The van der Waals surface area contributed by atoms with Gasteiger partial charge < -0.3 is 14.8 Å². The van der Waals surface area contributed by atoms with E-state index in [-0.39, 0.29) is 39.7 Å². The number of hydrogen-bond donors (Lipinski definition) is 1. The van der Waals surface area contributed by atoms with Gasteiger partial charge in [0.2, 0.25) is 0 Å². The van der Waals surface area contributed by atoms with Crippen molar-refractivity contribution in [1.82, 2.24) is 20.3 Å². The van der Waals surface area contributed by atoms with Crippen LogP contribution in [0.1, 0.15) is 59.3 Å². The lowest BCUT2D eigenvalue weighted by atomic mass is 9.96. The lowest BCUT2D eigenvalue weighted by Crippen LogP contribution is -2.49. The first kappa shape index (κ1) is 28.7. The Bertz CT molecular complexity index is 1150. The lowest BCUT2D eigenvalue weighted by Gasteiger charge is -2.35. The van der Waals surface area contributed by atoms with Gasteiger partial charge in [0.25, 0.3) is 0 Å². The van der Waals surface area contributed by atoms with Crippen LogP contribution in [0.2, 0.25) is 0 Å². The van der Waals surface area contributed by atoms with Gasteiger partial charge in [-0.3, -0.25) is 5.01 Å². The number of anilines is 1. The highest BCUT2D eigenvalue weighted by Crippen LogP contribution is 2.35. The minimum atomic E-state index is -0.993. The number of carbonyl (C=O) groups excluding carboxylic acids is 1. The van der Waals surface area contributed by atoms with Crippen LogP contribution in [0.4, 0.5) is 23.8 Å². The van der Waals surface area contributed by atoms with E-state index >= 15 is 4.39 Å². The topological polar surface area (TPSA) is 79.8 Å². The minimum Gasteiger partial charge on any atom is -0.463 e. The molecule has 1 aromatic heterocycles. The van der Waals surface area contributed by atoms with Crippen LogP contribution in [0.15, 0.2) is 10.5 Å². The van der Waals surface area contributed by atoms with Crippen LogP contribution in [0.3, 0.4) is 0 Å². The van der Waals surface area contributed by atoms with E-state index in [1.165, 1.54) is 5.01 Å². The summed E-state index contributed by atoms with van der Waals surface area (Å²) in [5.74, 6) is -1.62. The van der Waals surface area contributed by atoms with Gasteiger partial charge in [-0.15, -0.1) is 0 Å². The van der Waals surface area contributed by atoms with Crippen LogP contribution in [0, 0.1) is 17.6 Å². The first-order valence-corrected chi connectivity index (χ1v) is 13.9. The molecule has 12 heteroatoms. The number of hydrogen-bond acceptors (Lipinski definition) is 7. The van der Waals surface area contributed by atoms with Crippen LogP contribution in [0.5, 0.6) is 6.01 Å². The molecule has 8 nitrogen and oxygen atoms in total. The number of benzene rings is 1. The van der Waals surface area contributed by atoms with Crippen molar-refractivity contribution < 1.29 is 27.4 Å². The molecule has 2 aliphatic rings. The zero-order valence-corrected chi connectivity index (χ0v) is 23.6. The number of nitrogens with one attached hydrogen (secondary N) is 1. The summed E-state index contributed by atoms with van der Waals surface area (Å²) in [6, 6.07) is 1.03. The summed E-state index contributed by atoms with van der Waals surface area (Å²) < 4.78 is 55.4. The monoisotopic (exact) mass is 601 g/mol. The van der Waals surface area contributed by atoms with E-state index in [9.17, 15) is 13.6 Å². The molecular formula is C26H35BrF3N5O3. The van der Waals surface area contributed by atoms with Gasteiger partial charge in [0.15, 0.2) is 11.6 Å². The molecule has 2 fully saturated rings. The number of nitrogens with zero attached hydrogens (tertiary/aromatic N) is 4. The lowest BCUT2D eigenvalue weighted by molar-refractivity contribution is 0.0232. The maximum atomic E-state index is 15.3. The summed E-state index contributed by atoms with van der Waals surface area (Å²) in [4.78, 5) is 22.0. The maximum absolute atomic E-state index is 15.3. The Morgan fingerprint density at radius 1 is 1.18 bits per heavy atom. The van der Waals surface area contributed by atoms with Gasteiger partial charge in [0.05, 0.1) is 16.5 Å². The molecule has 0 aliphatic carbocycles. The van der Waals surface area contributed by atoms with Gasteiger partial charge in [0.1, 0.15) is 23.1 Å². The maximum Gasteiger partial charge on any atom is 0.429 e. The Labute approximate surface area is 229 Å². The third-order valence-electron chi connectivity index (χ3n) is 6.54. The first-order chi connectivity index (χ1) is 18.0. The van der Waals surface area contributed by atoms with E-state index in [0.717, 1.165) is 44.7 Å². The molecule has 0 bridgehead atoms. The Hall–Kier alpha value is -2.34. The average molecular weight is 602 g/mol. The summed E-state index contributed by atoms with van der Waals surface area (Å²) in [7, 11) is 0. The number of fused-ring (bicyclic) bond motifs is 1. The fraction of sp³-hybridized carbons (Fsp3) is 0.654. The zero-order valence-electron chi connectivity index (χ0n) is 22.0. The summed E-state index contributed by atoms with van der Waals surface area (Å²) in [5, 5.41) is 6.21. The van der Waals surface area contributed by atoms with Gasteiger partial charge in [-0.1, -0.05) is 0 Å². The second kappa shape index (κ2) is 12.2. The van der Waals surface area contributed by atoms with Crippen molar-refractivity contribution in [3.63, 3.8) is 0 Å². The highest BCUT2D eigenvalue weighted by Gasteiger charge is 2.32. The van der Waals surface area contributed by atoms with Crippen molar-refractivity contribution in [3.05, 3.63) is 22.2 Å². The normalized spacial score (nSPS) is 21.6. The van der Waals surface area contributed by atoms with Crippen LogP contribution in [-0.2, 0) is 4.74 Å². The van der Waals surface area contributed by atoms with Crippen molar-refractivity contribution in [2.75, 3.05) is 37.8 Å². The highest BCUT2D eigenvalue weighted by molar-refractivity contribution is 9.10. The standard InChI is InChI=1S/C26H35BrF3N5O3/c1-26(2,3)38-25(36)35-11-6-4-5-10-34(35)23-18-13-19(29)20(27)21(30)22(18)32-24(33-23)37-15-16-8-7-9-31-14-17(28)12-16/h13,16-17,31H,4-12,14-15H2,1-3H3/t16-,17-/m1/s1. The third-order valence-corrected chi connectivity index (χ3v) is 7.26. The number of hydrazine groups is 1. The largest absolute Gasteiger partial charge is 0.463 e. The molecule has 1 N–H and O–H groups in total. The molecule has 0 radical (unpaired) electrons. The van der Waals surface area contributed by atoms with E-state index < -0.39 is 29.5 Å². The van der Waals surface area contributed by atoms with Gasteiger partial charge >= 0.3 is 12.1 Å². The smallest absolute Gasteiger partial charge is 0.429 e. The number of rotatable bonds is 4. The molecular weight excluding hydrogens is 567 g/mol. The fourth-order valence-electron chi connectivity index (χ4n) is 4.75. The second-order valence-electron chi connectivity index (χ2n) is 10.9. The van der Waals surface area contributed by atoms with Crippen molar-refractivity contribution in [2.24, 2.45) is 5.92 Å². The molecule has 2 aromatic rings. The van der Waals surface area contributed by atoms with Crippen LogP contribution >= 0.6 is 15.9 Å².